The van der Waals surface area contributed by atoms with Gasteiger partial charge in [0.05, 0.1) is 17.8 Å². The quantitative estimate of drug-likeness (QED) is 0.113. The van der Waals surface area contributed by atoms with Crippen molar-refractivity contribution in [2.75, 3.05) is 32.8 Å². The third-order valence-corrected chi connectivity index (χ3v) is 9.23. The smallest absolute Gasteiger partial charge is 0.246 e. The average molecular weight is 724 g/mol. The lowest BCUT2D eigenvalue weighted by Crippen LogP contribution is -2.47. The highest BCUT2D eigenvalue weighted by Crippen LogP contribution is 2.34. The first-order valence-corrected chi connectivity index (χ1v) is 17.5. The maximum Gasteiger partial charge on any atom is 0.246 e. The molecule has 7 nitrogen and oxygen atoms in total. The normalized spacial score (nSPS) is 13.4. The van der Waals surface area contributed by atoms with Gasteiger partial charge in [0.15, 0.2) is 5.75 Å². The van der Waals surface area contributed by atoms with Gasteiger partial charge in [-0.25, -0.2) is 13.8 Å². The van der Waals surface area contributed by atoms with E-state index in [0.717, 1.165) is 42.7 Å². The van der Waals surface area contributed by atoms with E-state index in [2.05, 4.69) is 34.1 Å². The number of nitrogens with zero attached hydrogens (tertiary/aromatic N) is 3. The van der Waals surface area contributed by atoms with E-state index in [1.165, 1.54) is 29.3 Å². The molecule has 10 heteroatoms. The van der Waals surface area contributed by atoms with Crippen molar-refractivity contribution in [2.45, 2.75) is 33.4 Å². The molecule has 0 atom stereocenters. The summed E-state index contributed by atoms with van der Waals surface area (Å²) in [5.41, 5.74) is 5.30. The van der Waals surface area contributed by atoms with Gasteiger partial charge < -0.3 is 19.1 Å². The Morgan fingerprint density at radius 3 is 2.31 bits per heavy atom. The van der Waals surface area contributed by atoms with Crippen LogP contribution in [0.1, 0.15) is 33.4 Å². The lowest BCUT2D eigenvalue weighted by Gasteiger charge is -2.34. The van der Waals surface area contributed by atoms with Gasteiger partial charge in [-0.1, -0.05) is 48.0 Å². The first-order valence-electron chi connectivity index (χ1n) is 17.2. The van der Waals surface area contributed by atoms with Crippen molar-refractivity contribution in [1.82, 2.24) is 14.8 Å². The lowest BCUT2D eigenvalue weighted by molar-refractivity contribution is -0.127. The summed E-state index contributed by atoms with van der Waals surface area (Å²) in [6.07, 6.45) is 5.67. The molecule has 1 amide bonds. The highest BCUT2D eigenvalue weighted by atomic mass is 35.5. The van der Waals surface area contributed by atoms with E-state index in [0.29, 0.717) is 53.4 Å². The summed E-state index contributed by atoms with van der Waals surface area (Å²) >= 11 is 6.61. The molecule has 268 valence electrons. The van der Waals surface area contributed by atoms with Gasteiger partial charge in [0.25, 0.3) is 0 Å². The van der Waals surface area contributed by atoms with Crippen molar-refractivity contribution >= 4 is 23.6 Å². The number of benzene rings is 4. The van der Waals surface area contributed by atoms with Crippen molar-refractivity contribution < 1.29 is 27.8 Å². The number of amides is 1. The Kier molecular flexibility index (Phi) is 12.2. The summed E-state index contributed by atoms with van der Waals surface area (Å²) in [5, 5.41) is 0.399. The van der Waals surface area contributed by atoms with Crippen molar-refractivity contribution in [2.24, 2.45) is 0 Å². The Hall–Kier alpha value is -5.25. The molecule has 1 aromatic heterocycles. The van der Waals surface area contributed by atoms with Crippen LogP contribution in [-0.2, 0) is 24.4 Å². The van der Waals surface area contributed by atoms with E-state index in [4.69, 9.17) is 25.8 Å². The van der Waals surface area contributed by atoms with Gasteiger partial charge in [-0.2, -0.15) is 0 Å². The Morgan fingerprint density at radius 2 is 1.60 bits per heavy atom. The highest BCUT2D eigenvalue weighted by Gasteiger charge is 2.20. The number of carbonyl (C=O) groups excluding carboxylic acids is 1. The number of aromatic nitrogens is 1. The molecule has 1 fully saturated rings. The van der Waals surface area contributed by atoms with Crippen LogP contribution >= 0.6 is 11.6 Å². The van der Waals surface area contributed by atoms with Gasteiger partial charge in [-0.3, -0.25) is 9.69 Å². The predicted molar refractivity (Wildman–Crippen MR) is 199 cm³/mol. The molecule has 52 heavy (non-hydrogen) atoms. The SMILES string of the molecule is Cc1cc(C=CC(=O)N2CCN(Cc3ccc(CCOc4ccc(F)cc4)cc3)CC2)cc(Cl)c1Oc1ccc(OCc2cccc(F)c2C)cn1. The minimum Gasteiger partial charge on any atom is -0.493 e. The first-order chi connectivity index (χ1) is 25.2. The van der Waals surface area contributed by atoms with Crippen LogP contribution in [0.5, 0.6) is 23.1 Å². The molecule has 6 rings (SSSR count). The van der Waals surface area contributed by atoms with Crippen LogP contribution in [-0.4, -0.2) is 53.5 Å². The fourth-order valence-electron chi connectivity index (χ4n) is 5.86. The second-order valence-electron chi connectivity index (χ2n) is 12.7. The molecule has 1 aliphatic heterocycles. The number of ether oxygens (including phenoxy) is 3. The highest BCUT2D eigenvalue weighted by molar-refractivity contribution is 6.32. The van der Waals surface area contributed by atoms with E-state index >= 15 is 0 Å². The minimum atomic E-state index is -0.277. The predicted octanol–water partition coefficient (Wildman–Crippen LogP) is 8.98. The molecule has 4 aromatic carbocycles. The van der Waals surface area contributed by atoms with Crippen molar-refractivity contribution in [1.29, 1.82) is 0 Å². The van der Waals surface area contributed by atoms with Crippen LogP contribution in [0.25, 0.3) is 6.08 Å². The van der Waals surface area contributed by atoms with Crippen LogP contribution in [0.3, 0.4) is 0 Å². The van der Waals surface area contributed by atoms with Crippen LogP contribution in [0.2, 0.25) is 5.02 Å². The maximum atomic E-state index is 13.8. The molecule has 0 unspecified atom stereocenters. The van der Waals surface area contributed by atoms with Gasteiger partial charge in [-0.05, 0) is 102 Å². The fraction of sp³-hybridized carbons (Fsp3) is 0.238. The van der Waals surface area contributed by atoms with Crippen LogP contribution in [0.15, 0.2) is 103 Å². The van der Waals surface area contributed by atoms with Gasteiger partial charge >= 0.3 is 0 Å². The molecule has 0 N–H and O–H groups in total. The summed E-state index contributed by atoms with van der Waals surface area (Å²) < 4.78 is 44.4. The van der Waals surface area contributed by atoms with Gasteiger partial charge in [0, 0.05) is 51.3 Å². The van der Waals surface area contributed by atoms with Crippen LogP contribution < -0.4 is 14.2 Å². The molecule has 0 saturated carbocycles. The second-order valence-corrected chi connectivity index (χ2v) is 13.1. The van der Waals surface area contributed by atoms with Crippen molar-refractivity contribution in [3.05, 3.63) is 153 Å². The van der Waals surface area contributed by atoms with Crippen LogP contribution in [0.4, 0.5) is 8.78 Å². The monoisotopic (exact) mass is 723 g/mol. The van der Waals surface area contributed by atoms with E-state index < -0.39 is 0 Å². The average Bonchev–Trinajstić information content (AvgIpc) is 3.15. The Balaban J connectivity index is 0.937. The van der Waals surface area contributed by atoms with Crippen molar-refractivity contribution in [3.8, 4) is 23.1 Å². The molecule has 5 aromatic rings. The lowest BCUT2D eigenvalue weighted by atomic mass is 10.1. The third-order valence-electron chi connectivity index (χ3n) is 8.95. The van der Waals surface area contributed by atoms with E-state index in [1.54, 1.807) is 61.7 Å². The molecular weight excluding hydrogens is 684 g/mol. The van der Waals surface area contributed by atoms with Gasteiger partial charge in [0.1, 0.15) is 29.7 Å². The fourth-order valence-corrected chi connectivity index (χ4v) is 6.17. The third kappa shape index (κ3) is 9.96. The number of pyridine rings is 1. The first kappa shape index (κ1) is 36.5. The summed E-state index contributed by atoms with van der Waals surface area (Å²) in [6.45, 7) is 8.05. The van der Waals surface area contributed by atoms with E-state index in [-0.39, 0.29) is 24.1 Å². The molecular formula is C42H40ClF2N3O4. The zero-order valence-corrected chi connectivity index (χ0v) is 29.9. The van der Waals surface area contributed by atoms with Crippen LogP contribution in [0, 0.1) is 25.5 Å². The molecule has 0 bridgehead atoms. The molecule has 1 aliphatic rings. The molecule has 1 saturated heterocycles. The van der Waals surface area contributed by atoms with E-state index in [1.807, 2.05) is 24.0 Å². The minimum absolute atomic E-state index is 0.0416. The zero-order chi connectivity index (χ0) is 36.5. The molecule has 0 aliphatic carbocycles. The summed E-state index contributed by atoms with van der Waals surface area (Å²) in [4.78, 5) is 21.6. The number of aryl methyl sites for hydroxylation is 1. The standard InChI is InChI=1S/C42H40ClF2N3O4/c1-29-24-33(25-38(43)42(29)52-40-16-15-37(26-46-40)51-28-34-4-3-5-39(45)30(34)2)10-17-41(49)48-21-19-47(20-22-48)27-32-8-6-31(7-9-32)18-23-50-36-13-11-35(44)12-14-36/h3-17,24-26H,18-23,27-28H2,1-2H3. The van der Waals surface area contributed by atoms with Gasteiger partial charge in [0.2, 0.25) is 11.8 Å². The largest absolute Gasteiger partial charge is 0.493 e. The number of rotatable bonds is 13. The summed E-state index contributed by atoms with van der Waals surface area (Å²) in [7, 11) is 0. The summed E-state index contributed by atoms with van der Waals surface area (Å²) in [5.74, 6) is 1.42. The van der Waals surface area contributed by atoms with Crippen molar-refractivity contribution in [3.63, 3.8) is 0 Å². The van der Waals surface area contributed by atoms with E-state index in [9.17, 15) is 13.6 Å². The molecule has 0 radical (unpaired) electrons. The molecule has 2 heterocycles. The summed E-state index contributed by atoms with van der Waals surface area (Å²) in [6, 6.07) is 26.5. The number of carbonyl (C=O) groups is 1. The maximum absolute atomic E-state index is 13.8. The number of hydrogen-bond donors (Lipinski definition) is 0. The number of halogens is 3. The Bertz CT molecular complexity index is 1970. The Morgan fingerprint density at radius 1 is 0.865 bits per heavy atom. The zero-order valence-electron chi connectivity index (χ0n) is 29.2. The van der Waals surface area contributed by atoms with Gasteiger partial charge in [-0.15, -0.1) is 0 Å². The topological polar surface area (TPSA) is 64.1 Å². The number of piperazine rings is 1. The number of hydrogen-bond acceptors (Lipinski definition) is 6. The molecule has 0 spiro atoms. The Labute approximate surface area is 308 Å². The second kappa shape index (κ2) is 17.3.